The lowest BCUT2D eigenvalue weighted by Crippen LogP contribution is -2.29. The van der Waals surface area contributed by atoms with Gasteiger partial charge in [-0.15, -0.1) is 0 Å². The molecule has 0 saturated carbocycles. The summed E-state index contributed by atoms with van der Waals surface area (Å²) >= 11 is 1.38. The van der Waals surface area contributed by atoms with Gasteiger partial charge in [-0.1, -0.05) is 48.2 Å². The molecular weight excluding hydrogens is 346 g/mol. The summed E-state index contributed by atoms with van der Waals surface area (Å²) in [6, 6.07) is 17.6. The molecule has 1 aromatic heterocycles. The largest absolute Gasteiger partial charge is 0.423 e. The van der Waals surface area contributed by atoms with Crippen LogP contribution in [0, 0.1) is 6.92 Å². The van der Waals surface area contributed by atoms with Gasteiger partial charge in [0.05, 0.1) is 27.9 Å². The monoisotopic (exact) mass is 361 g/mol. The Labute approximate surface area is 154 Å². The topological polar surface area (TPSA) is 70.1 Å². The molecule has 5 nitrogen and oxygen atoms in total. The van der Waals surface area contributed by atoms with Crippen LogP contribution in [0.3, 0.4) is 0 Å². The lowest BCUT2D eigenvalue weighted by Gasteiger charge is -2.31. The van der Waals surface area contributed by atoms with Crippen LogP contribution < -0.4 is 10.5 Å². The lowest BCUT2D eigenvalue weighted by atomic mass is 9.83. The third-order valence-electron chi connectivity index (χ3n) is 4.77. The number of nitrogens with two attached hydrogens (primary N) is 1. The molecule has 0 aliphatic carbocycles. The van der Waals surface area contributed by atoms with Crippen LogP contribution in [-0.4, -0.2) is 15.7 Å². The number of aromatic nitrogens is 2. The van der Waals surface area contributed by atoms with E-state index in [0.717, 1.165) is 27.5 Å². The number of hydrogen-bond acceptors (Lipinski definition) is 5. The number of nitrogens with zero attached hydrogens (tertiary/aromatic N) is 2. The highest BCUT2D eigenvalue weighted by Crippen LogP contribution is 2.52. The molecule has 2 aliphatic heterocycles. The molecule has 0 fully saturated rings. The number of esters is 1. The zero-order valence-corrected chi connectivity index (χ0v) is 14.8. The van der Waals surface area contributed by atoms with Gasteiger partial charge in [0, 0.05) is 11.1 Å². The van der Waals surface area contributed by atoms with Crippen molar-refractivity contribution in [2.75, 3.05) is 0 Å². The van der Waals surface area contributed by atoms with Gasteiger partial charge >= 0.3 is 5.97 Å². The first-order valence-corrected chi connectivity index (χ1v) is 9.10. The van der Waals surface area contributed by atoms with Crippen molar-refractivity contribution >= 4 is 17.7 Å². The van der Waals surface area contributed by atoms with Crippen molar-refractivity contribution in [1.29, 1.82) is 0 Å². The molecule has 0 bridgehead atoms. The first kappa shape index (κ1) is 15.3. The number of fused-ring (bicyclic) bond motifs is 5. The molecule has 2 aromatic carbocycles. The Kier molecular flexibility index (Phi) is 3.24. The highest BCUT2D eigenvalue weighted by atomic mass is 32.2. The molecule has 0 amide bonds. The summed E-state index contributed by atoms with van der Waals surface area (Å²) in [5, 5.41) is 6.17. The van der Waals surface area contributed by atoms with E-state index in [4.69, 9.17) is 15.6 Å². The fourth-order valence-corrected chi connectivity index (χ4v) is 4.76. The van der Waals surface area contributed by atoms with Crippen LogP contribution in [0.25, 0.3) is 5.69 Å². The maximum atomic E-state index is 12.6. The SMILES string of the molecule is Cc1nn(-c2ccccc2)c2c1[C@H]1C(=C(N)S2)C(=O)Oc2ccccc21. The number of carbonyl (C=O) groups is 1. The molecule has 1 atom stereocenters. The van der Waals surface area contributed by atoms with E-state index in [1.165, 1.54) is 11.8 Å². The third-order valence-corrected chi connectivity index (χ3v) is 5.79. The van der Waals surface area contributed by atoms with Gasteiger partial charge in [0.25, 0.3) is 0 Å². The Bertz CT molecular complexity index is 1090. The highest BCUT2D eigenvalue weighted by Gasteiger charge is 2.42. The van der Waals surface area contributed by atoms with Crippen molar-refractivity contribution in [2.24, 2.45) is 5.73 Å². The predicted octanol–water partition coefficient (Wildman–Crippen LogP) is 3.51. The molecule has 2 N–H and O–H groups in total. The quantitative estimate of drug-likeness (QED) is 0.531. The van der Waals surface area contributed by atoms with Gasteiger partial charge in [-0.2, -0.15) is 5.10 Å². The standard InChI is InChI=1S/C20H15N3O2S/c1-11-15-16-13-9-5-6-10-14(13)25-20(24)17(16)18(21)26-19(15)23(22-11)12-7-3-2-4-8-12/h2-10,16H,21H2,1H3/t16-/m0/s1. The van der Waals surface area contributed by atoms with Gasteiger partial charge < -0.3 is 10.5 Å². The van der Waals surface area contributed by atoms with Crippen molar-refractivity contribution < 1.29 is 9.53 Å². The van der Waals surface area contributed by atoms with Crippen molar-refractivity contribution in [3.8, 4) is 11.4 Å². The Morgan fingerprint density at radius 1 is 1.12 bits per heavy atom. The van der Waals surface area contributed by atoms with Crippen LogP contribution in [0.1, 0.15) is 22.7 Å². The fourth-order valence-electron chi connectivity index (χ4n) is 3.63. The summed E-state index contributed by atoms with van der Waals surface area (Å²) in [5.41, 5.74) is 10.6. The second-order valence-electron chi connectivity index (χ2n) is 6.29. The minimum atomic E-state index is -0.379. The molecule has 0 unspecified atom stereocenters. The molecule has 2 aliphatic rings. The zero-order chi connectivity index (χ0) is 17.8. The average Bonchev–Trinajstić information content (AvgIpc) is 2.98. The van der Waals surface area contributed by atoms with Gasteiger partial charge in [-0.25, -0.2) is 9.48 Å². The van der Waals surface area contributed by atoms with Crippen LogP contribution in [0.2, 0.25) is 0 Å². The van der Waals surface area contributed by atoms with Crippen LogP contribution >= 0.6 is 11.8 Å². The number of benzene rings is 2. The van der Waals surface area contributed by atoms with E-state index in [9.17, 15) is 4.79 Å². The molecule has 5 rings (SSSR count). The number of para-hydroxylation sites is 2. The lowest BCUT2D eigenvalue weighted by molar-refractivity contribution is -0.131. The van der Waals surface area contributed by atoms with Crippen LogP contribution in [0.4, 0.5) is 0 Å². The number of hydrogen-bond donors (Lipinski definition) is 1. The summed E-state index contributed by atoms with van der Waals surface area (Å²) in [5.74, 6) is -0.0406. The Hall–Kier alpha value is -2.99. The second-order valence-corrected chi connectivity index (χ2v) is 7.32. The van der Waals surface area contributed by atoms with Gasteiger partial charge in [-0.3, -0.25) is 0 Å². The zero-order valence-electron chi connectivity index (χ0n) is 14.0. The Morgan fingerprint density at radius 3 is 2.65 bits per heavy atom. The van der Waals surface area contributed by atoms with E-state index >= 15 is 0 Å². The Morgan fingerprint density at radius 2 is 1.85 bits per heavy atom. The van der Waals surface area contributed by atoms with Crippen LogP contribution in [0.15, 0.2) is 70.2 Å². The minimum absolute atomic E-state index is 0.249. The molecule has 6 heteroatoms. The minimum Gasteiger partial charge on any atom is -0.423 e. The normalized spacial score (nSPS) is 18.0. The van der Waals surface area contributed by atoms with E-state index in [2.05, 4.69) is 0 Å². The molecule has 3 heterocycles. The average molecular weight is 361 g/mol. The van der Waals surface area contributed by atoms with Gasteiger partial charge in [-0.05, 0) is 25.1 Å². The van der Waals surface area contributed by atoms with Crippen molar-refractivity contribution in [3.63, 3.8) is 0 Å². The number of ether oxygens (including phenoxy) is 1. The van der Waals surface area contributed by atoms with E-state index in [1.807, 2.05) is 66.2 Å². The van der Waals surface area contributed by atoms with E-state index in [0.29, 0.717) is 16.4 Å². The van der Waals surface area contributed by atoms with E-state index in [1.54, 1.807) is 0 Å². The van der Waals surface area contributed by atoms with Crippen molar-refractivity contribution in [2.45, 2.75) is 17.9 Å². The molecule has 128 valence electrons. The Balaban J connectivity index is 1.79. The molecule has 0 radical (unpaired) electrons. The van der Waals surface area contributed by atoms with Crippen LogP contribution in [-0.2, 0) is 4.79 Å². The highest BCUT2D eigenvalue weighted by molar-refractivity contribution is 8.03. The summed E-state index contributed by atoms with van der Waals surface area (Å²) in [7, 11) is 0. The first-order chi connectivity index (χ1) is 12.6. The smallest absolute Gasteiger partial charge is 0.343 e. The van der Waals surface area contributed by atoms with Gasteiger partial charge in [0.1, 0.15) is 10.8 Å². The van der Waals surface area contributed by atoms with Crippen molar-refractivity contribution in [1.82, 2.24) is 9.78 Å². The van der Waals surface area contributed by atoms with E-state index in [-0.39, 0.29) is 11.9 Å². The summed E-state index contributed by atoms with van der Waals surface area (Å²) < 4.78 is 7.41. The number of thioether (sulfide) groups is 1. The number of aryl methyl sites for hydroxylation is 1. The molecule has 3 aromatic rings. The van der Waals surface area contributed by atoms with Gasteiger partial charge in [0.2, 0.25) is 0 Å². The predicted molar refractivity (Wildman–Crippen MR) is 99.3 cm³/mol. The second kappa shape index (κ2) is 5.51. The third kappa shape index (κ3) is 2.05. The maximum absolute atomic E-state index is 12.6. The maximum Gasteiger partial charge on any atom is 0.343 e. The summed E-state index contributed by atoms with van der Waals surface area (Å²) in [4.78, 5) is 12.6. The summed E-state index contributed by atoms with van der Waals surface area (Å²) in [6.07, 6.45) is 0. The summed E-state index contributed by atoms with van der Waals surface area (Å²) in [6.45, 7) is 1.97. The van der Waals surface area contributed by atoms with E-state index < -0.39 is 0 Å². The molecule has 0 spiro atoms. The number of carbonyl (C=O) groups excluding carboxylic acids is 1. The molecule has 0 saturated heterocycles. The number of rotatable bonds is 1. The van der Waals surface area contributed by atoms with Crippen molar-refractivity contribution in [3.05, 3.63) is 82.0 Å². The fraction of sp³-hybridized carbons (Fsp3) is 0.100. The first-order valence-electron chi connectivity index (χ1n) is 8.28. The molecular formula is C20H15N3O2S. The van der Waals surface area contributed by atoms with Gasteiger partial charge in [0.15, 0.2) is 0 Å². The molecule has 26 heavy (non-hydrogen) atoms. The van der Waals surface area contributed by atoms with Crippen LogP contribution in [0.5, 0.6) is 5.75 Å².